The van der Waals surface area contributed by atoms with Crippen molar-refractivity contribution in [3.63, 3.8) is 0 Å². The number of nitrogens with one attached hydrogen (secondary N) is 1. The molecule has 120 valence electrons. The largest absolute Gasteiger partial charge is 0.326 e. The highest BCUT2D eigenvalue weighted by atomic mass is 32.2. The minimum atomic E-state index is -3.40. The molecule has 1 aliphatic carbocycles. The van der Waals surface area contributed by atoms with Crippen molar-refractivity contribution in [2.75, 3.05) is 18.4 Å². The van der Waals surface area contributed by atoms with Crippen molar-refractivity contribution in [1.82, 2.24) is 4.31 Å². The van der Waals surface area contributed by atoms with Gasteiger partial charge in [0.15, 0.2) is 0 Å². The quantitative estimate of drug-likeness (QED) is 0.926. The molecule has 1 N–H and O–H groups in total. The van der Waals surface area contributed by atoms with Crippen LogP contribution in [0.5, 0.6) is 0 Å². The average molecular weight is 322 g/mol. The summed E-state index contributed by atoms with van der Waals surface area (Å²) in [6.45, 7) is 1.20. The first kappa shape index (κ1) is 15.5. The van der Waals surface area contributed by atoms with Crippen LogP contribution in [0.2, 0.25) is 0 Å². The fourth-order valence-electron chi connectivity index (χ4n) is 2.88. The first-order chi connectivity index (χ1) is 10.6. The zero-order valence-corrected chi connectivity index (χ0v) is 13.4. The van der Waals surface area contributed by atoms with Crippen LogP contribution in [0.3, 0.4) is 0 Å². The fraction of sp³-hybridized carbons (Fsp3) is 0.562. The molecule has 5 nitrogen and oxygen atoms in total. The van der Waals surface area contributed by atoms with E-state index in [0.29, 0.717) is 23.7 Å². The summed E-state index contributed by atoms with van der Waals surface area (Å²) in [5, 5.41) is 2.85. The Morgan fingerprint density at radius 1 is 1.00 bits per heavy atom. The van der Waals surface area contributed by atoms with Crippen molar-refractivity contribution in [2.45, 2.75) is 43.4 Å². The Balaban J connectivity index is 1.68. The van der Waals surface area contributed by atoms with E-state index in [2.05, 4.69) is 5.32 Å². The zero-order chi connectivity index (χ0) is 15.6. The van der Waals surface area contributed by atoms with Crippen molar-refractivity contribution in [3.05, 3.63) is 24.3 Å². The third-order valence-corrected chi connectivity index (χ3v) is 6.46. The third kappa shape index (κ3) is 3.17. The molecule has 1 saturated heterocycles. The topological polar surface area (TPSA) is 66.5 Å². The molecule has 0 atom stereocenters. The van der Waals surface area contributed by atoms with Gasteiger partial charge in [-0.2, -0.15) is 4.31 Å². The van der Waals surface area contributed by atoms with Gasteiger partial charge in [-0.25, -0.2) is 8.42 Å². The van der Waals surface area contributed by atoms with Gasteiger partial charge in [-0.05, 0) is 49.9 Å². The Hall–Kier alpha value is -1.40. The van der Waals surface area contributed by atoms with Gasteiger partial charge in [0, 0.05) is 24.7 Å². The lowest BCUT2D eigenvalue weighted by molar-refractivity contribution is -0.122. The van der Waals surface area contributed by atoms with Crippen molar-refractivity contribution in [3.8, 4) is 0 Å². The van der Waals surface area contributed by atoms with E-state index in [0.717, 1.165) is 38.5 Å². The summed E-state index contributed by atoms with van der Waals surface area (Å²) in [6.07, 6.45) is 5.97. The first-order valence-electron chi connectivity index (χ1n) is 7.98. The van der Waals surface area contributed by atoms with Crippen LogP contribution in [0.4, 0.5) is 5.69 Å². The summed E-state index contributed by atoms with van der Waals surface area (Å²) < 4.78 is 26.6. The van der Waals surface area contributed by atoms with Crippen molar-refractivity contribution in [1.29, 1.82) is 0 Å². The molecule has 1 aliphatic heterocycles. The Morgan fingerprint density at radius 2 is 1.64 bits per heavy atom. The van der Waals surface area contributed by atoms with Gasteiger partial charge in [0.25, 0.3) is 0 Å². The third-order valence-electron chi connectivity index (χ3n) is 4.55. The van der Waals surface area contributed by atoms with Crippen molar-refractivity contribution in [2.24, 2.45) is 5.92 Å². The van der Waals surface area contributed by atoms with E-state index in [4.69, 9.17) is 0 Å². The highest BCUT2D eigenvalue weighted by molar-refractivity contribution is 7.89. The maximum absolute atomic E-state index is 12.5. The highest BCUT2D eigenvalue weighted by Crippen LogP contribution is 2.28. The van der Waals surface area contributed by atoms with Gasteiger partial charge in [-0.15, -0.1) is 0 Å². The Kier molecular flexibility index (Phi) is 4.49. The lowest BCUT2D eigenvalue weighted by Gasteiger charge is -2.26. The summed E-state index contributed by atoms with van der Waals surface area (Å²) in [5.41, 5.74) is 0.662. The number of benzene rings is 1. The normalized spacial score (nSPS) is 20.4. The second-order valence-electron chi connectivity index (χ2n) is 6.11. The van der Waals surface area contributed by atoms with Gasteiger partial charge in [0.05, 0.1) is 4.90 Å². The lowest BCUT2D eigenvalue weighted by Crippen LogP contribution is -2.35. The molecule has 2 fully saturated rings. The maximum Gasteiger partial charge on any atom is 0.243 e. The number of amides is 1. The van der Waals surface area contributed by atoms with Crippen LogP contribution in [0.25, 0.3) is 0 Å². The number of carbonyl (C=O) groups excluding carboxylic acids is 1. The van der Waals surface area contributed by atoms with E-state index < -0.39 is 10.0 Å². The van der Waals surface area contributed by atoms with Crippen LogP contribution in [0.15, 0.2) is 29.2 Å². The molecule has 0 spiro atoms. The number of piperidine rings is 1. The standard InChI is InChI=1S/C16H22N2O3S/c19-16(13-5-4-6-13)17-14-7-9-15(10-8-14)22(20,21)18-11-2-1-3-12-18/h7-10,13H,1-6,11-12H2,(H,17,19). The zero-order valence-electron chi connectivity index (χ0n) is 12.6. The number of carbonyl (C=O) groups is 1. The van der Waals surface area contributed by atoms with Gasteiger partial charge in [-0.3, -0.25) is 4.79 Å². The molecule has 6 heteroatoms. The Morgan fingerprint density at radius 3 is 2.18 bits per heavy atom. The molecule has 1 aromatic carbocycles. The van der Waals surface area contributed by atoms with Crippen LogP contribution in [0, 0.1) is 5.92 Å². The van der Waals surface area contributed by atoms with Gasteiger partial charge in [-0.1, -0.05) is 12.8 Å². The van der Waals surface area contributed by atoms with Gasteiger partial charge >= 0.3 is 0 Å². The molecule has 0 unspecified atom stereocenters. The predicted octanol–water partition coefficient (Wildman–Crippen LogP) is 2.60. The maximum atomic E-state index is 12.5. The van der Waals surface area contributed by atoms with Crippen LogP contribution in [-0.2, 0) is 14.8 Å². The van der Waals surface area contributed by atoms with Crippen LogP contribution in [-0.4, -0.2) is 31.7 Å². The number of anilines is 1. The molecule has 0 aromatic heterocycles. The van der Waals surface area contributed by atoms with Crippen molar-refractivity contribution >= 4 is 21.6 Å². The van der Waals surface area contributed by atoms with E-state index in [1.165, 1.54) is 0 Å². The summed E-state index contributed by atoms with van der Waals surface area (Å²) in [6, 6.07) is 6.52. The van der Waals surface area contributed by atoms with Crippen molar-refractivity contribution < 1.29 is 13.2 Å². The molecule has 1 heterocycles. The van der Waals surface area contributed by atoms with E-state index in [1.54, 1.807) is 28.6 Å². The summed E-state index contributed by atoms with van der Waals surface area (Å²) >= 11 is 0. The molecule has 2 aliphatic rings. The van der Waals surface area contributed by atoms with Crippen LogP contribution >= 0.6 is 0 Å². The van der Waals surface area contributed by atoms with Gasteiger partial charge < -0.3 is 5.32 Å². The van der Waals surface area contributed by atoms with Gasteiger partial charge in [0.1, 0.15) is 0 Å². The van der Waals surface area contributed by atoms with E-state index >= 15 is 0 Å². The molecular formula is C16H22N2O3S. The predicted molar refractivity (Wildman–Crippen MR) is 85.0 cm³/mol. The number of sulfonamides is 1. The number of hydrogen-bond donors (Lipinski definition) is 1. The fourth-order valence-corrected chi connectivity index (χ4v) is 4.40. The number of hydrogen-bond acceptors (Lipinski definition) is 3. The molecule has 1 amide bonds. The molecule has 1 aromatic rings. The first-order valence-corrected chi connectivity index (χ1v) is 9.42. The molecule has 0 radical (unpaired) electrons. The number of rotatable bonds is 4. The van der Waals surface area contributed by atoms with Crippen LogP contribution in [0.1, 0.15) is 38.5 Å². The summed E-state index contributed by atoms with van der Waals surface area (Å²) in [5.74, 6) is 0.162. The number of nitrogens with zero attached hydrogens (tertiary/aromatic N) is 1. The Labute approximate surface area is 131 Å². The smallest absolute Gasteiger partial charge is 0.243 e. The highest BCUT2D eigenvalue weighted by Gasteiger charge is 2.27. The molecular weight excluding hydrogens is 300 g/mol. The minimum absolute atomic E-state index is 0.0397. The monoisotopic (exact) mass is 322 g/mol. The van der Waals surface area contributed by atoms with Gasteiger partial charge in [0.2, 0.25) is 15.9 Å². The SMILES string of the molecule is O=C(Nc1ccc(S(=O)(=O)N2CCCCC2)cc1)C1CCC1. The summed E-state index contributed by atoms with van der Waals surface area (Å²) in [4.78, 5) is 12.2. The van der Waals surface area contributed by atoms with E-state index in [9.17, 15) is 13.2 Å². The van der Waals surface area contributed by atoms with E-state index in [-0.39, 0.29) is 11.8 Å². The van der Waals surface area contributed by atoms with E-state index in [1.807, 2.05) is 0 Å². The molecule has 1 saturated carbocycles. The lowest BCUT2D eigenvalue weighted by atomic mass is 9.85. The second-order valence-corrected chi connectivity index (χ2v) is 8.04. The second kappa shape index (κ2) is 6.38. The summed E-state index contributed by atoms with van der Waals surface area (Å²) in [7, 11) is -3.40. The molecule has 22 heavy (non-hydrogen) atoms. The van der Waals surface area contributed by atoms with Crippen LogP contribution < -0.4 is 5.32 Å². The minimum Gasteiger partial charge on any atom is -0.326 e. The molecule has 3 rings (SSSR count). The Bertz CT molecular complexity index is 630. The molecule has 0 bridgehead atoms. The average Bonchev–Trinajstić information content (AvgIpc) is 2.47.